The van der Waals surface area contributed by atoms with Crippen molar-refractivity contribution < 1.29 is 4.79 Å². The summed E-state index contributed by atoms with van der Waals surface area (Å²) in [6, 6.07) is 4.01. The van der Waals surface area contributed by atoms with Gasteiger partial charge in [0.2, 0.25) is 0 Å². The SMILES string of the molecule is O=C1CCS(=Cc2cccnc2)CC1. The second-order valence-electron chi connectivity index (χ2n) is 3.39. The quantitative estimate of drug-likeness (QED) is 0.658. The molecule has 74 valence electrons. The molecule has 0 radical (unpaired) electrons. The molecule has 2 heterocycles. The Morgan fingerprint density at radius 3 is 2.79 bits per heavy atom. The maximum absolute atomic E-state index is 11.0. The monoisotopic (exact) mass is 207 g/mol. The van der Waals surface area contributed by atoms with Crippen molar-refractivity contribution in [3.05, 3.63) is 30.1 Å². The molecule has 0 amide bonds. The van der Waals surface area contributed by atoms with E-state index in [0.717, 1.165) is 24.3 Å². The minimum atomic E-state index is 0.298. The Morgan fingerprint density at radius 2 is 2.14 bits per heavy atom. The highest BCUT2D eigenvalue weighted by Crippen LogP contribution is 2.22. The molecule has 2 rings (SSSR count). The number of hydrogen-bond acceptors (Lipinski definition) is 2. The van der Waals surface area contributed by atoms with E-state index in [0.29, 0.717) is 16.3 Å². The molecule has 1 aliphatic heterocycles. The molecule has 0 unspecified atom stereocenters. The number of aromatic nitrogens is 1. The van der Waals surface area contributed by atoms with Crippen LogP contribution in [0, 0.1) is 0 Å². The number of carbonyl (C=O) groups excluding carboxylic acids is 1. The molecule has 0 aliphatic carbocycles. The lowest BCUT2D eigenvalue weighted by molar-refractivity contribution is -0.118. The minimum Gasteiger partial charge on any atom is -0.300 e. The van der Waals surface area contributed by atoms with Gasteiger partial charge in [0.25, 0.3) is 0 Å². The van der Waals surface area contributed by atoms with Crippen molar-refractivity contribution in [3.63, 3.8) is 0 Å². The van der Waals surface area contributed by atoms with E-state index in [1.165, 1.54) is 5.56 Å². The number of pyridine rings is 1. The first kappa shape index (κ1) is 9.59. The summed E-state index contributed by atoms with van der Waals surface area (Å²) >= 11 is 0. The van der Waals surface area contributed by atoms with Gasteiger partial charge in [-0.2, -0.15) is 10.5 Å². The summed E-state index contributed by atoms with van der Waals surface area (Å²) in [5.74, 6) is 2.50. The van der Waals surface area contributed by atoms with Crippen LogP contribution in [0.15, 0.2) is 24.5 Å². The average molecular weight is 207 g/mol. The van der Waals surface area contributed by atoms with Gasteiger partial charge in [0, 0.05) is 25.2 Å². The number of Topliss-reactive ketones (excluding diaryl/α,β-unsaturated/α-hetero) is 1. The Hall–Kier alpha value is -0.960. The van der Waals surface area contributed by atoms with Crippen molar-refractivity contribution in [2.24, 2.45) is 0 Å². The highest BCUT2D eigenvalue weighted by Gasteiger charge is 2.10. The van der Waals surface area contributed by atoms with E-state index >= 15 is 0 Å². The normalized spacial score (nSPS) is 18.1. The standard InChI is InChI=1S/C11H13NOS/c13-11-3-6-14(7-4-11)9-10-2-1-5-12-8-10/h1-2,5,8-9H,3-4,6-7H2. The molecule has 1 aliphatic rings. The number of rotatable bonds is 1. The first-order chi connectivity index (χ1) is 6.84. The van der Waals surface area contributed by atoms with Crippen molar-refractivity contribution in [3.8, 4) is 0 Å². The highest BCUT2D eigenvalue weighted by atomic mass is 32.2. The van der Waals surface area contributed by atoms with E-state index in [4.69, 9.17) is 0 Å². The van der Waals surface area contributed by atoms with Crippen LogP contribution < -0.4 is 0 Å². The van der Waals surface area contributed by atoms with Crippen LogP contribution in [0.5, 0.6) is 0 Å². The summed E-state index contributed by atoms with van der Waals surface area (Å²) in [6.45, 7) is 0. The third-order valence-electron chi connectivity index (χ3n) is 2.27. The molecule has 0 spiro atoms. The van der Waals surface area contributed by atoms with Crippen LogP contribution in [0.2, 0.25) is 0 Å². The largest absolute Gasteiger partial charge is 0.300 e. The van der Waals surface area contributed by atoms with Gasteiger partial charge in [0.1, 0.15) is 5.78 Å². The molecular formula is C11H13NOS. The second kappa shape index (κ2) is 4.51. The molecule has 0 aromatic carbocycles. The smallest absolute Gasteiger partial charge is 0.134 e. The summed E-state index contributed by atoms with van der Waals surface area (Å²) in [7, 11) is 0.298. The number of nitrogens with zero attached hydrogens (tertiary/aromatic N) is 1. The summed E-state index contributed by atoms with van der Waals surface area (Å²) in [5.41, 5.74) is 1.19. The molecule has 0 saturated carbocycles. The Labute approximate surface area is 86.3 Å². The molecule has 0 atom stereocenters. The Morgan fingerprint density at radius 1 is 1.36 bits per heavy atom. The molecule has 1 saturated heterocycles. The van der Waals surface area contributed by atoms with Gasteiger partial charge in [-0.15, -0.1) is 0 Å². The second-order valence-corrected chi connectivity index (χ2v) is 5.52. The molecule has 3 heteroatoms. The van der Waals surface area contributed by atoms with Gasteiger partial charge >= 0.3 is 0 Å². The molecule has 2 nitrogen and oxygen atoms in total. The van der Waals surface area contributed by atoms with E-state index in [2.05, 4.69) is 16.4 Å². The fourth-order valence-electron chi connectivity index (χ4n) is 1.47. The first-order valence-electron chi connectivity index (χ1n) is 4.77. The van der Waals surface area contributed by atoms with Gasteiger partial charge in [0.05, 0.1) is 0 Å². The molecule has 1 fully saturated rings. The molecule has 0 bridgehead atoms. The van der Waals surface area contributed by atoms with Crippen molar-refractivity contribution in [2.75, 3.05) is 11.5 Å². The third-order valence-corrected chi connectivity index (χ3v) is 4.34. The molecule has 1 aromatic heterocycles. The summed E-state index contributed by atoms with van der Waals surface area (Å²) in [5, 5.41) is 2.26. The predicted molar refractivity (Wildman–Crippen MR) is 61.0 cm³/mol. The van der Waals surface area contributed by atoms with Crippen molar-refractivity contribution >= 4 is 21.6 Å². The lowest BCUT2D eigenvalue weighted by Gasteiger charge is -2.14. The van der Waals surface area contributed by atoms with Gasteiger partial charge in [-0.05, 0) is 28.5 Å². The van der Waals surface area contributed by atoms with Crippen LogP contribution in [-0.4, -0.2) is 27.6 Å². The fourth-order valence-corrected chi connectivity index (χ4v) is 3.42. The lowest BCUT2D eigenvalue weighted by atomic mass is 10.2. The zero-order valence-electron chi connectivity index (χ0n) is 7.98. The summed E-state index contributed by atoms with van der Waals surface area (Å²) < 4.78 is 0. The maximum Gasteiger partial charge on any atom is 0.134 e. The van der Waals surface area contributed by atoms with Gasteiger partial charge in [0.15, 0.2) is 0 Å². The zero-order valence-corrected chi connectivity index (χ0v) is 8.80. The Bertz CT molecular complexity index is 347. The molecule has 0 N–H and O–H groups in total. The van der Waals surface area contributed by atoms with Crippen molar-refractivity contribution in [2.45, 2.75) is 12.8 Å². The first-order valence-corrected chi connectivity index (χ1v) is 6.40. The highest BCUT2D eigenvalue weighted by molar-refractivity contribution is 8.15. The van der Waals surface area contributed by atoms with Gasteiger partial charge < -0.3 is 0 Å². The van der Waals surface area contributed by atoms with Crippen LogP contribution in [0.4, 0.5) is 0 Å². The Kier molecular flexibility index (Phi) is 3.09. The zero-order chi connectivity index (χ0) is 9.80. The average Bonchev–Trinajstić information content (AvgIpc) is 2.23. The summed E-state index contributed by atoms with van der Waals surface area (Å²) in [6.07, 6.45) is 5.19. The lowest BCUT2D eigenvalue weighted by Crippen LogP contribution is -2.10. The topological polar surface area (TPSA) is 30.0 Å². The van der Waals surface area contributed by atoms with Gasteiger partial charge in [-0.25, -0.2) is 0 Å². The third kappa shape index (κ3) is 2.51. The molecule has 1 aromatic rings. The van der Waals surface area contributed by atoms with Gasteiger partial charge in [-0.3, -0.25) is 9.78 Å². The Balaban J connectivity index is 2.08. The van der Waals surface area contributed by atoms with E-state index in [9.17, 15) is 4.79 Å². The van der Waals surface area contributed by atoms with E-state index in [-0.39, 0.29) is 0 Å². The van der Waals surface area contributed by atoms with E-state index in [1.807, 2.05) is 12.3 Å². The van der Waals surface area contributed by atoms with E-state index < -0.39 is 0 Å². The minimum absolute atomic E-state index is 0.298. The van der Waals surface area contributed by atoms with Gasteiger partial charge in [-0.1, -0.05) is 6.07 Å². The van der Waals surface area contributed by atoms with Crippen molar-refractivity contribution in [1.29, 1.82) is 0 Å². The fraction of sp³-hybridized carbons (Fsp3) is 0.364. The predicted octanol–water partition coefficient (Wildman–Crippen LogP) is 1.86. The number of carbonyl (C=O) groups is 1. The van der Waals surface area contributed by atoms with Crippen LogP contribution in [0.1, 0.15) is 18.4 Å². The van der Waals surface area contributed by atoms with Crippen molar-refractivity contribution in [1.82, 2.24) is 4.98 Å². The maximum atomic E-state index is 11.0. The number of hydrogen-bond donors (Lipinski definition) is 0. The van der Waals surface area contributed by atoms with Crippen LogP contribution >= 0.6 is 10.5 Å². The summed E-state index contributed by atoms with van der Waals surface area (Å²) in [4.78, 5) is 15.1. The van der Waals surface area contributed by atoms with Crippen LogP contribution in [-0.2, 0) is 4.79 Å². The van der Waals surface area contributed by atoms with Crippen LogP contribution in [0.25, 0.3) is 0 Å². The number of ketones is 1. The molecular weight excluding hydrogens is 194 g/mol. The molecule has 14 heavy (non-hydrogen) atoms. The van der Waals surface area contributed by atoms with Crippen LogP contribution in [0.3, 0.4) is 0 Å². The van der Waals surface area contributed by atoms with E-state index in [1.54, 1.807) is 6.20 Å².